The number of carbonyl (C=O) groups excluding carboxylic acids is 1. The molecule has 2 saturated heterocycles. The van der Waals surface area contributed by atoms with Crippen molar-refractivity contribution in [3.8, 4) is 0 Å². The van der Waals surface area contributed by atoms with Gasteiger partial charge in [-0.15, -0.1) is 11.3 Å². The molecule has 9 heteroatoms. The van der Waals surface area contributed by atoms with Crippen molar-refractivity contribution >= 4 is 45.0 Å². The molecule has 1 N–H and O–H groups in total. The van der Waals surface area contributed by atoms with Gasteiger partial charge in [0.1, 0.15) is 5.82 Å². The molecule has 0 bridgehead atoms. The molecule has 3 aromatic rings. The predicted molar refractivity (Wildman–Crippen MR) is 134 cm³/mol. The molecule has 0 unspecified atom stereocenters. The maximum atomic E-state index is 12.9. The van der Waals surface area contributed by atoms with Gasteiger partial charge in [-0.05, 0) is 44.2 Å². The number of halogens is 1. The van der Waals surface area contributed by atoms with E-state index in [9.17, 15) is 4.79 Å². The molecule has 0 aliphatic carbocycles. The van der Waals surface area contributed by atoms with Gasteiger partial charge < -0.3 is 20.0 Å². The van der Waals surface area contributed by atoms with E-state index in [4.69, 9.17) is 16.6 Å². The summed E-state index contributed by atoms with van der Waals surface area (Å²) in [5.74, 6) is 1.38. The highest BCUT2D eigenvalue weighted by Gasteiger charge is 2.26. The third-order valence-corrected chi connectivity index (χ3v) is 8.03. The van der Waals surface area contributed by atoms with Crippen molar-refractivity contribution in [3.05, 3.63) is 52.1 Å². The van der Waals surface area contributed by atoms with E-state index < -0.39 is 0 Å². The van der Waals surface area contributed by atoms with Gasteiger partial charge in [0.05, 0.1) is 15.2 Å². The van der Waals surface area contributed by atoms with E-state index in [2.05, 4.69) is 33.2 Å². The fourth-order valence-electron chi connectivity index (χ4n) is 4.58. The number of hydrogen-bond acceptors (Lipinski definition) is 6. The monoisotopic (exact) mass is 484 g/mol. The fourth-order valence-corrected chi connectivity index (χ4v) is 5.86. The van der Waals surface area contributed by atoms with Crippen LogP contribution in [0, 0.1) is 0 Å². The third kappa shape index (κ3) is 5.08. The number of nitrogens with zero attached hydrogens (tertiary/aromatic N) is 5. The van der Waals surface area contributed by atoms with Crippen molar-refractivity contribution in [3.63, 3.8) is 0 Å². The summed E-state index contributed by atoms with van der Waals surface area (Å²) in [6, 6.07) is 9.88. The summed E-state index contributed by atoms with van der Waals surface area (Å²) in [6.45, 7) is 5.95. The van der Waals surface area contributed by atoms with Crippen molar-refractivity contribution in [2.45, 2.75) is 25.3 Å². The van der Waals surface area contributed by atoms with Gasteiger partial charge in [-0.2, -0.15) is 0 Å². The molecule has 33 heavy (non-hydrogen) atoms. The van der Waals surface area contributed by atoms with Gasteiger partial charge in [-0.1, -0.05) is 17.7 Å². The molecular formula is C24H29ClN6OS. The highest BCUT2D eigenvalue weighted by molar-refractivity contribution is 7.18. The van der Waals surface area contributed by atoms with Gasteiger partial charge in [0.15, 0.2) is 0 Å². The number of carbonyl (C=O) groups is 1. The quantitative estimate of drug-likeness (QED) is 0.601. The molecule has 0 atom stereocenters. The molecule has 1 aromatic carbocycles. The topological polar surface area (TPSA) is 64.6 Å². The van der Waals surface area contributed by atoms with Crippen LogP contribution < -0.4 is 10.2 Å². The zero-order valence-electron chi connectivity index (χ0n) is 18.8. The molecular weight excluding hydrogens is 456 g/mol. The van der Waals surface area contributed by atoms with Crippen LogP contribution in [0.25, 0.3) is 10.2 Å². The number of aromatic nitrogens is 2. The first-order valence-electron chi connectivity index (χ1n) is 11.5. The number of piperazine rings is 1. The summed E-state index contributed by atoms with van der Waals surface area (Å²) in [4.78, 5) is 28.9. The Hall–Kier alpha value is -2.42. The lowest BCUT2D eigenvalue weighted by atomic mass is 9.98. The molecule has 4 heterocycles. The zero-order chi connectivity index (χ0) is 22.8. The zero-order valence-corrected chi connectivity index (χ0v) is 20.4. The number of rotatable bonds is 4. The van der Waals surface area contributed by atoms with Crippen LogP contribution in [0.1, 0.15) is 29.3 Å². The van der Waals surface area contributed by atoms with E-state index in [1.807, 2.05) is 35.4 Å². The number of benzene rings is 1. The van der Waals surface area contributed by atoms with Crippen molar-refractivity contribution in [2.75, 3.05) is 51.2 Å². The van der Waals surface area contributed by atoms with E-state index in [1.54, 1.807) is 11.3 Å². The molecule has 2 fully saturated rings. The average Bonchev–Trinajstić information content (AvgIpc) is 3.26. The first kappa shape index (κ1) is 22.4. The van der Waals surface area contributed by atoms with Crippen LogP contribution in [0.2, 0.25) is 5.02 Å². The number of pyridine rings is 1. The number of likely N-dealkylation sites (N-methyl/N-ethyl adjacent to an activating group) is 1. The Labute approximate surface area is 203 Å². The molecule has 2 aliphatic heterocycles. The van der Waals surface area contributed by atoms with Gasteiger partial charge in [-0.25, -0.2) is 14.8 Å². The van der Waals surface area contributed by atoms with Crippen molar-refractivity contribution in [2.24, 2.45) is 0 Å². The number of nitrogens with one attached hydrogen (secondary N) is 1. The van der Waals surface area contributed by atoms with E-state index in [0.717, 1.165) is 79.0 Å². The standard InChI is InChI=1S/C24H29ClN6OS/c1-29-11-13-30(14-12-29)22-18(3-2-8-26-22)16-27-24(32)31-9-6-17(7-10-31)23-28-20-15-19(25)4-5-21(20)33-23/h2-5,8,15,17H,6-7,9-14,16H2,1H3,(H,27,32). The number of piperidine rings is 1. The highest BCUT2D eigenvalue weighted by atomic mass is 35.5. The van der Waals surface area contributed by atoms with Crippen LogP contribution in [-0.4, -0.2) is 72.1 Å². The SMILES string of the molecule is CN1CCN(c2ncccc2CNC(=O)N2CCC(c3nc4cc(Cl)ccc4s3)CC2)CC1. The number of amides is 2. The molecule has 0 radical (unpaired) electrons. The molecule has 0 saturated carbocycles. The van der Waals surface area contributed by atoms with Gasteiger partial charge >= 0.3 is 6.03 Å². The smallest absolute Gasteiger partial charge is 0.317 e. The molecule has 5 rings (SSSR count). The fraction of sp³-hybridized carbons (Fsp3) is 0.458. The second-order valence-electron chi connectivity index (χ2n) is 8.86. The van der Waals surface area contributed by atoms with Crippen molar-refractivity contribution in [1.82, 2.24) is 25.1 Å². The van der Waals surface area contributed by atoms with Gasteiger partial charge in [0.25, 0.3) is 0 Å². The summed E-state index contributed by atoms with van der Waals surface area (Å²) in [5.41, 5.74) is 2.04. The maximum absolute atomic E-state index is 12.9. The Morgan fingerprint density at radius 1 is 1.15 bits per heavy atom. The van der Waals surface area contributed by atoms with Crippen LogP contribution in [-0.2, 0) is 6.54 Å². The van der Waals surface area contributed by atoms with Gasteiger partial charge in [-0.3, -0.25) is 0 Å². The van der Waals surface area contributed by atoms with E-state index >= 15 is 0 Å². The number of fused-ring (bicyclic) bond motifs is 1. The van der Waals surface area contributed by atoms with Gasteiger partial charge in [0, 0.05) is 68.5 Å². The van der Waals surface area contributed by atoms with Crippen LogP contribution in [0.3, 0.4) is 0 Å². The summed E-state index contributed by atoms with van der Waals surface area (Å²) in [7, 11) is 2.15. The van der Waals surface area contributed by atoms with Crippen molar-refractivity contribution in [1.29, 1.82) is 0 Å². The van der Waals surface area contributed by atoms with Crippen LogP contribution in [0.4, 0.5) is 10.6 Å². The Morgan fingerprint density at radius 2 is 1.94 bits per heavy atom. The maximum Gasteiger partial charge on any atom is 0.317 e. The Bertz CT molecular complexity index is 1120. The first-order valence-corrected chi connectivity index (χ1v) is 12.7. The predicted octanol–water partition coefficient (Wildman–Crippen LogP) is 4.19. The van der Waals surface area contributed by atoms with Gasteiger partial charge in [0.2, 0.25) is 0 Å². The van der Waals surface area contributed by atoms with Crippen LogP contribution >= 0.6 is 22.9 Å². The van der Waals surface area contributed by atoms with Crippen LogP contribution in [0.5, 0.6) is 0 Å². The summed E-state index contributed by atoms with van der Waals surface area (Å²) in [5, 5.41) is 4.99. The normalized spacial score (nSPS) is 18.1. The number of thiazole rings is 1. The highest BCUT2D eigenvalue weighted by Crippen LogP contribution is 2.34. The second-order valence-corrected chi connectivity index (χ2v) is 10.4. The lowest BCUT2D eigenvalue weighted by Crippen LogP contribution is -2.46. The Kier molecular flexibility index (Phi) is 6.66. The number of anilines is 1. The molecule has 2 aliphatic rings. The molecule has 7 nitrogen and oxygen atoms in total. The molecule has 0 spiro atoms. The summed E-state index contributed by atoms with van der Waals surface area (Å²) in [6.07, 6.45) is 3.70. The minimum Gasteiger partial charge on any atom is -0.354 e. The molecule has 174 valence electrons. The summed E-state index contributed by atoms with van der Waals surface area (Å²) >= 11 is 7.85. The van der Waals surface area contributed by atoms with E-state index in [0.29, 0.717) is 12.5 Å². The minimum atomic E-state index is -0.00212. The lowest BCUT2D eigenvalue weighted by Gasteiger charge is -2.34. The lowest BCUT2D eigenvalue weighted by molar-refractivity contribution is 0.181. The van der Waals surface area contributed by atoms with Crippen molar-refractivity contribution < 1.29 is 4.79 Å². The van der Waals surface area contributed by atoms with E-state index in [1.165, 1.54) is 4.70 Å². The first-order chi connectivity index (χ1) is 16.1. The summed E-state index contributed by atoms with van der Waals surface area (Å²) < 4.78 is 1.17. The number of hydrogen-bond donors (Lipinski definition) is 1. The average molecular weight is 485 g/mol. The minimum absolute atomic E-state index is 0.00212. The van der Waals surface area contributed by atoms with E-state index in [-0.39, 0.29) is 6.03 Å². The molecule has 2 aromatic heterocycles. The largest absolute Gasteiger partial charge is 0.354 e. The molecule has 2 amide bonds. The Balaban J connectivity index is 1.16. The number of urea groups is 1. The number of likely N-dealkylation sites (tertiary alicyclic amines) is 1. The second kappa shape index (κ2) is 9.83. The van der Waals surface area contributed by atoms with Crippen LogP contribution in [0.15, 0.2) is 36.5 Å². The third-order valence-electron chi connectivity index (χ3n) is 6.60. The Morgan fingerprint density at radius 3 is 2.73 bits per heavy atom.